The van der Waals surface area contributed by atoms with Crippen molar-refractivity contribution in [2.75, 3.05) is 16.8 Å². The van der Waals surface area contributed by atoms with E-state index in [9.17, 15) is 18.3 Å². The minimum Gasteiger partial charge on any atom is -0.506 e. The lowest BCUT2D eigenvalue weighted by atomic mass is 10.1. The van der Waals surface area contributed by atoms with Crippen LogP contribution in [0.2, 0.25) is 5.02 Å². The first-order valence-electron chi connectivity index (χ1n) is 5.84. The smallest absolute Gasteiger partial charge is 0.224 e. The minimum atomic E-state index is -2.96. The summed E-state index contributed by atoms with van der Waals surface area (Å²) in [6, 6.07) is 4.36. The standard InChI is InChI=1S/C12H14ClNO4S/c13-10-6-9(1-2-11(10)15)14-12(16)5-8-3-4-19(17,18)7-8/h1-2,6,8,15H,3-5,7H2,(H,14,16). The lowest BCUT2D eigenvalue weighted by Crippen LogP contribution is -2.17. The molecule has 0 bridgehead atoms. The van der Waals surface area contributed by atoms with Gasteiger partial charge in [-0.1, -0.05) is 11.6 Å². The predicted octanol–water partition coefficient (Wildman–Crippen LogP) is 1.81. The summed E-state index contributed by atoms with van der Waals surface area (Å²) in [5.41, 5.74) is 0.480. The number of hydrogen-bond donors (Lipinski definition) is 2. The van der Waals surface area contributed by atoms with Crippen molar-refractivity contribution in [1.29, 1.82) is 0 Å². The molecule has 1 aliphatic rings. The van der Waals surface area contributed by atoms with Crippen LogP contribution in [0.1, 0.15) is 12.8 Å². The highest BCUT2D eigenvalue weighted by molar-refractivity contribution is 7.91. The lowest BCUT2D eigenvalue weighted by Gasteiger charge is -2.09. The Labute approximate surface area is 116 Å². The Morgan fingerprint density at radius 1 is 1.47 bits per heavy atom. The molecule has 1 saturated heterocycles. The third-order valence-corrected chi connectivity index (χ3v) is 5.17. The Morgan fingerprint density at radius 2 is 2.21 bits per heavy atom. The maximum atomic E-state index is 11.8. The molecular formula is C12H14ClNO4S. The molecule has 1 amide bonds. The molecular weight excluding hydrogens is 290 g/mol. The Bertz CT molecular complexity index is 600. The van der Waals surface area contributed by atoms with E-state index in [4.69, 9.17) is 11.6 Å². The number of carbonyl (C=O) groups is 1. The first-order valence-corrected chi connectivity index (χ1v) is 8.04. The number of phenolic OH excluding ortho intramolecular Hbond substituents is 1. The van der Waals surface area contributed by atoms with Crippen LogP contribution >= 0.6 is 11.6 Å². The van der Waals surface area contributed by atoms with Gasteiger partial charge in [0.1, 0.15) is 5.75 Å². The molecule has 0 aromatic heterocycles. The largest absolute Gasteiger partial charge is 0.506 e. The number of nitrogens with one attached hydrogen (secondary N) is 1. The summed E-state index contributed by atoms with van der Waals surface area (Å²) >= 11 is 5.72. The monoisotopic (exact) mass is 303 g/mol. The molecule has 1 fully saturated rings. The van der Waals surface area contributed by atoms with Gasteiger partial charge >= 0.3 is 0 Å². The van der Waals surface area contributed by atoms with Crippen molar-refractivity contribution >= 4 is 33.0 Å². The summed E-state index contributed by atoms with van der Waals surface area (Å²) in [7, 11) is -2.96. The van der Waals surface area contributed by atoms with Crippen LogP contribution in [0.5, 0.6) is 5.75 Å². The summed E-state index contributed by atoms with van der Waals surface area (Å²) in [6.07, 6.45) is 0.712. The highest BCUT2D eigenvalue weighted by Crippen LogP contribution is 2.27. The van der Waals surface area contributed by atoms with E-state index in [0.717, 1.165) is 0 Å². The highest BCUT2D eigenvalue weighted by Gasteiger charge is 2.29. The molecule has 104 valence electrons. The van der Waals surface area contributed by atoms with E-state index in [-0.39, 0.29) is 40.5 Å². The van der Waals surface area contributed by atoms with Crippen molar-refractivity contribution in [2.24, 2.45) is 5.92 Å². The van der Waals surface area contributed by atoms with Crippen molar-refractivity contribution in [1.82, 2.24) is 0 Å². The van der Waals surface area contributed by atoms with Crippen molar-refractivity contribution in [3.05, 3.63) is 23.2 Å². The first-order chi connectivity index (χ1) is 8.85. The maximum absolute atomic E-state index is 11.8. The summed E-state index contributed by atoms with van der Waals surface area (Å²) < 4.78 is 22.6. The van der Waals surface area contributed by atoms with E-state index in [2.05, 4.69) is 5.32 Å². The van der Waals surface area contributed by atoms with Gasteiger partial charge in [-0.05, 0) is 30.5 Å². The first kappa shape index (κ1) is 14.1. The number of carbonyl (C=O) groups excluding carboxylic acids is 1. The normalized spacial score (nSPS) is 21.2. The topological polar surface area (TPSA) is 83.5 Å². The number of benzene rings is 1. The van der Waals surface area contributed by atoms with Gasteiger partial charge in [-0.25, -0.2) is 8.42 Å². The van der Waals surface area contributed by atoms with Crippen LogP contribution in [0.15, 0.2) is 18.2 Å². The van der Waals surface area contributed by atoms with Gasteiger partial charge in [0.05, 0.1) is 16.5 Å². The number of hydrogen-bond acceptors (Lipinski definition) is 4. The summed E-state index contributed by atoms with van der Waals surface area (Å²) in [5.74, 6) is -0.171. The number of rotatable bonds is 3. The summed E-state index contributed by atoms with van der Waals surface area (Å²) in [5, 5.41) is 12.0. The number of halogens is 1. The van der Waals surface area contributed by atoms with Crippen LogP contribution in [0, 0.1) is 5.92 Å². The molecule has 1 aromatic carbocycles. The molecule has 0 radical (unpaired) electrons. The predicted molar refractivity (Wildman–Crippen MR) is 73.1 cm³/mol. The highest BCUT2D eigenvalue weighted by atomic mass is 35.5. The number of sulfone groups is 1. The Morgan fingerprint density at radius 3 is 2.79 bits per heavy atom. The molecule has 1 unspecified atom stereocenters. The van der Waals surface area contributed by atoms with Crippen molar-refractivity contribution in [3.63, 3.8) is 0 Å². The molecule has 1 heterocycles. The Hall–Kier alpha value is -1.27. The van der Waals surface area contributed by atoms with Gasteiger partial charge in [-0.3, -0.25) is 4.79 Å². The van der Waals surface area contributed by atoms with Crippen molar-refractivity contribution < 1.29 is 18.3 Å². The average Bonchev–Trinajstić information content (AvgIpc) is 2.63. The van der Waals surface area contributed by atoms with Gasteiger partial charge in [-0.15, -0.1) is 0 Å². The summed E-state index contributed by atoms with van der Waals surface area (Å²) in [6.45, 7) is 0. The fourth-order valence-corrected chi connectivity index (χ4v) is 4.13. The van der Waals surface area contributed by atoms with Gasteiger partial charge in [0.15, 0.2) is 9.84 Å². The zero-order chi connectivity index (χ0) is 14.0. The SMILES string of the molecule is O=C(CC1CCS(=O)(=O)C1)Nc1ccc(O)c(Cl)c1. The van der Waals surface area contributed by atoms with E-state index < -0.39 is 9.84 Å². The van der Waals surface area contributed by atoms with Crippen LogP contribution in [0.4, 0.5) is 5.69 Å². The molecule has 19 heavy (non-hydrogen) atoms. The second kappa shape index (κ2) is 5.38. The third kappa shape index (κ3) is 3.84. The molecule has 1 atom stereocenters. The Kier molecular flexibility index (Phi) is 4.01. The van der Waals surface area contributed by atoms with Crippen LogP contribution in [-0.4, -0.2) is 30.9 Å². The summed E-state index contributed by atoms with van der Waals surface area (Å²) in [4.78, 5) is 11.8. The van der Waals surface area contributed by atoms with E-state index in [1.54, 1.807) is 0 Å². The maximum Gasteiger partial charge on any atom is 0.224 e. The Balaban J connectivity index is 1.93. The zero-order valence-electron chi connectivity index (χ0n) is 10.1. The van der Waals surface area contributed by atoms with Crippen LogP contribution in [0.25, 0.3) is 0 Å². The molecule has 0 saturated carbocycles. The van der Waals surface area contributed by atoms with Gasteiger partial charge in [-0.2, -0.15) is 0 Å². The molecule has 2 rings (SSSR count). The molecule has 5 nitrogen and oxygen atoms in total. The molecule has 2 N–H and O–H groups in total. The zero-order valence-corrected chi connectivity index (χ0v) is 11.7. The fourth-order valence-electron chi connectivity index (χ4n) is 2.09. The van der Waals surface area contributed by atoms with E-state index in [0.29, 0.717) is 12.1 Å². The van der Waals surface area contributed by atoms with E-state index in [1.165, 1.54) is 18.2 Å². The molecule has 7 heteroatoms. The molecule has 0 aliphatic carbocycles. The van der Waals surface area contributed by atoms with Crippen LogP contribution in [0.3, 0.4) is 0 Å². The molecule has 1 aliphatic heterocycles. The van der Waals surface area contributed by atoms with Crippen molar-refractivity contribution in [2.45, 2.75) is 12.8 Å². The lowest BCUT2D eigenvalue weighted by molar-refractivity contribution is -0.116. The number of phenols is 1. The molecule has 0 spiro atoms. The van der Waals surface area contributed by atoms with Gasteiger partial charge in [0.25, 0.3) is 0 Å². The van der Waals surface area contributed by atoms with Crippen LogP contribution in [-0.2, 0) is 14.6 Å². The van der Waals surface area contributed by atoms with Crippen LogP contribution < -0.4 is 5.32 Å². The van der Waals surface area contributed by atoms with Gasteiger partial charge in [0.2, 0.25) is 5.91 Å². The quantitative estimate of drug-likeness (QED) is 0.834. The number of anilines is 1. The average molecular weight is 304 g/mol. The van der Waals surface area contributed by atoms with Gasteiger partial charge < -0.3 is 10.4 Å². The van der Waals surface area contributed by atoms with E-state index in [1.807, 2.05) is 0 Å². The minimum absolute atomic E-state index is 0.0541. The van der Waals surface area contributed by atoms with Gasteiger partial charge in [0, 0.05) is 12.1 Å². The van der Waals surface area contributed by atoms with Crippen molar-refractivity contribution in [3.8, 4) is 5.75 Å². The third-order valence-electron chi connectivity index (χ3n) is 3.03. The van der Waals surface area contributed by atoms with E-state index >= 15 is 0 Å². The second-order valence-corrected chi connectivity index (χ2v) is 7.32. The number of aromatic hydroxyl groups is 1. The molecule has 1 aromatic rings. The number of amides is 1. The fraction of sp³-hybridized carbons (Fsp3) is 0.417. The second-order valence-electron chi connectivity index (χ2n) is 4.69.